The van der Waals surface area contributed by atoms with Crippen molar-refractivity contribution in [2.45, 2.75) is 25.8 Å². The van der Waals surface area contributed by atoms with Gasteiger partial charge in [-0.2, -0.15) is 0 Å². The largest absolute Gasteiger partial charge is 0.385 e. The first-order valence-corrected chi connectivity index (χ1v) is 6.57. The van der Waals surface area contributed by atoms with E-state index in [4.69, 9.17) is 4.74 Å². The molecule has 0 radical (unpaired) electrons. The van der Waals surface area contributed by atoms with Crippen LogP contribution in [0.25, 0.3) is 0 Å². The van der Waals surface area contributed by atoms with E-state index in [0.717, 1.165) is 26.1 Å². The second kappa shape index (κ2) is 11.0. The Morgan fingerprint density at radius 2 is 1.94 bits per heavy atom. The average molecular weight is 323 g/mol. The Balaban J connectivity index is 0.00000256. The third-order valence-corrected chi connectivity index (χ3v) is 3.25. The molecule has 0 amide bonds. The average Bonchev–Trinajstić information content (AvgIpc) is 2.30. The molecule has 0 aliphatic heterocycles. The molecule has 0 aliphatic carbocycles. The Labute approximate surface area is 119 Å². The number of hydrogen-bond acceptors (Lipinski definition) is 2. The highest BCUT2D eigenvalue weighted by molar-refractivity contribution is 9.10. The summed E-state index contributed by atoms with van der Waals surface area (Å²) in [4.78, 5) is 0. The van der Waals surface area contributed by atoms with Crippen LogP contribution in [0, 0.1) is 0 Å². The number of rotatable bonds is 8. The topological polar surface area (TPSA) is 21.3 Å². The SMILES string of the molecule is COCCCCCNCc1ccccc1Br.Cl. The van der Waals surface area contributed by atoms with E-state index in [-0.39, 0.29) is 12.4 Å². The highest BCUT2D eigenvalue weighted by Gasteiger charge is 1.96. The summed E-state index contributed by atoms with van der Waals surface area (Å²) in [6.07, 6.45) is 3.61. The van der Waals surface area contributed by atoms with Crippen LogP contribution < -0.4 is 5.32 Å². The Kier molecular flexibility index (Phi) is 11.0. The van der Waals surface area contributed by atoms with Crippen LogP contribution >= 0.6 is 28.3 Å². The van der Waals surface area contributed by atoms with Gasteiger partial charge in [-0.05, 0) is 37.4 Å². The van der Waals surface area contributed by atoms with Crippen LogP contribution in [0.3, 0.4) is 0 Å². The van der Waals surface area contributed by atoms with Crippen molar-refractivity contribution in [1.29, 1.82) is 0 Å². The van der Waals surface area contributed by atoms with E-state index in [1.807, 2.05) is 6.07 Å². The van der Waals surface area contributed by atoms with Gasteiger partial charge < -0.3 is 10.1 Å². The summed E-state index contributed by atoms with van der Waals surface area (Å²) in [7, 11) is 1.76. The summed E-state index contributed by atoms with van der Waals surface area (Å²) < 4.78 is 6.19. The maximum absolute atomic E-state index is 5.01. The lowest BCUT2D eigenvalue weighted by atomic mass is 10.2. The fraction of sp³-hybridized carbons (Fsp3) is 0.538. The maximum Gasteiger partial charge on any atom is 0.0462 e. The molecule has 0 spiro atoms. The molecule has 1 aromatic rings. The number of benzene rings is 1. The summed E-state index contributed by atoms with van der Waals surface area (Å²) in [6, 6.07) is 8.33. The van der Waals surface area contributed by atoms with Gasteiger partial charge in [0.1, 0.15) is 0 Å². The lowest BCUT2D eigenvalue weighted by molar-refractivity contribution is 0.192. The summed E-state index contributed by atoms with van der Waals surface area (Å²) in [6.45, 7) is 2.89. The van der Waals surface area contributed by atoms with Crippen molar-refractivity contribution in [2.75, 3.05) is 20.3 Å². The molecule has 0 unspecified atom stereocenters. The molecule has 0 heterocycles. The van der Waals surface area contributed by atoms with E-state index in [2.05, 4.69) is 39.4 Å². The van der Waals surface area contributed by atoms with Gasteiger partial charge in [-0.15, -0.1) is 12.4 Å². The van der Waals surface area contributed by atoms with Crippen molar-refractivity contribution in [3.63, 3.8) is 0 Å². The third-order valence-electron chi connectivity index (χ3n) is 2.48. The minimum absolute atomic E-state index is 0. The van der Waals surface area contributed by atoms with E-state index in [9.17, 15) is 0 Å². The zero-order valence-electron chi connectivity index (χ0n) is 10.2. The van der Waals surface area contributed by atoms with Crippen molar-refractivity contribution >= 4 is 28.3 Å². The van der Waals surface area contributed by atoms with Crippen molar-refractivity contribution in [3.05, 3.63) is 34.3 Å². The van der Waals surface area contributed by atoms with Crippen molar-refractivity contribution in [2.24, 2.45) is 0 Å². The normalized spacial score (nSPS) is 10.0. The predicted molar refractivity (Wildman–Crippen MR) is 78.8 cm³/mol. The van der Waals surface area contributed by atoms with Crippen molar-refractivity contribution in [3.8, 4) is 0 Å². The molecule has 1 rings (SSSR count). The number of hydrogen-bond donors (Lipinski definition) is 1. The van der Waals surface area contributed by atoms with E-state index < -0.39 is 0 Å². The van der Waals surface area contributed by atoms with Crippen molar-refractivity contribution in [1.82, 2.24) is 5.32 Å². The van der Waals surface area contributed by atoms with Gasteiger partial charge in [0.2, 0.25) is 0 Å². The molecule has 2 nitrogen and oxygen atoms in total. The number of methoxy groups -OCH3 is 1. The number of halogens is 2. The van der Waals surface area contributed by atoms with Gasteiger partial charge in [-0.1, -0.05) is 34.1 Å². The molecule has 0 bridgehead atoms. The van der Waals surface area contributed by atoms with Crippen LogP contribution in [0.2, 0.25) is 0 Å². The first-order chi connectivity index (χ1) is 7.84. The summed E-state index contributed by atoms with van der Waals surface area (Å²) in [5, 5.41) is 3.45. The van der Waals surface area contributed by atoms with Gasteiger partial charge in [0.05, 0.1) is 0 Å². The first-order valence-electron chi connectivity index (χ1n) is 5.77. The molecule has 4 heteroatoms. The van der Waals surface area contributed by atoms with Crippen LogP contribution in [0.5, 0.6) is 0 Å². The molecule has 17 heavy (non-hydrogen) atoms. The van der Waals surface area contributed by atoms with Gasteiger partial charge in [-0.3, -0.25) is 0 Å². The van der Waals surface area contributed by atoms with Gasteiger partial charge in [0.25, 0.3) is 0 Å². The van der Waals surface area contributed by atoms with Crippen LogP contribution in [-0.2, 0) is 11.3 Å². The van der Waals surface area contributed by atoms with Crippen LogP contribution in [0.4, 0.5) is 0 Å². The molecule has 0 atom stereocenters. The van der Waals surface area contributed by atoms with E-state index >= 15 is 0 Å². The van der Waals surface area contributed by atoms with Crippen LogP contribution in [0.15, 0.2) is 28.7 Å². The number of nitrogens with one attached hydrogen (secondary N) is 1. The van der Waals surface area contributed by atoms with E-state index in [1.165, 1.54) is 22.9 Å². The Morgan fingerprint density at radius 1 is 1.18 bits per heavy atom. The minimum atomic E-state index is 0. The third kappa shape index (κ3) is 7.77. The fourth-order valence-corrected chi connectivity index (χ4v) is 1.96. The lowest BCUT2D eigenvalue weighted by Crippen LogP contribution is -2.15. The van der Waals surface area contributed by atoms with E-state index in [0.29, 0.717) is 0 Å². The first kappa shape index (κ1) is 16.9. The maximum atomic E-state index is 5.01. The molecule has 1 aromatic carbocycles. The molecule has 98 valence electrons. The van der Waals surface area contributed by atoms with Gasteiger partial charge in [0.15, 0.2) is 0 Å². The van der Waals surface area contributed by atoms with Crippen LogP contribution in [0.1, 0.15) is 24.8 Å². The Bertz CT molecular complexity index is 297. The highest BCUT2D eigenvalue weighted by Crippen LogP contribution is 2.15. The monoisotopic (exact) mass is 321 g/mol. The molecule has 0 aliphatic rings. The minimum Gasteiger partial charge on any atom is -0.385 e. The second-order valence-corrected chi connectivity index (χ2v) is 4.68. The molecular formula is C13H21BrClNO. The molecule has 0 saturated carbocycles. The molecule has 1 N–H and O–H groups in total. The highest BCUT2D eigenvalue weighted by atomic mass is 79.9. The Hall–Kier alpha value is -0.0900. The smallest absolute Gasteiger partial charge is 0.0462 e. The van der Waals surface area contributed by atoms with E-state index in [1.54, 1.807) is 7.11 Å². The van der Waals surface area contributed by atoms with Crippen LogP contribution in [-0.4, -0.2) is 20.3 Å². The van der Waals surface area contributed by atoms with Gasteiger partial charge in [-0.25, -0.2) is 0 Å². The number of unbranched alkanes of at least 4 members (excludes halogenated alkanes) is 2. The lowest BCUT2D eigenvalue weighted by Gasteiger charge is -2.06. The summed E-state index contributed by atoms with van der Waals surface area (Å²) >= 11 is 3.54. The molecular weight excluding hydrogens is 302 g/mol. The van der Waals surface area contributed by atoms with Crippen molar-refractivity contribution < 1.29 is 4.74 Å². The molecule has 0 saturated heterocycles. The summed E-state index contributed by atoms with van der Waals surface area (Å²) in [5.41, 5.74) is 1.32. The molecule has 0 aromatic heterocycles. The predicted octanol–water partition coefficient (Wildman–Crippen LogP) is 3.78. The zero-order valence-corrected chi connectivity index (χ0v) is 12.6. The van der Waals surface area contributed by atoms with Gasteiger partial charge in [0, 0.05) is 24.7 Å². The van der Waals surface area contributed by atoms with Gasteiger partial charge >= 0.3 is 0 Å². The molecule has 0 fully saturated rings. The summed E-state index contributed by atoms with van der Waals surface area (Å²) in [5.74, 6) is 0. The number of ether oxygens (including phenoxy) is 1. The quantitative estimate of drug-likeness (QED) is 0.736. The Morgan fingerprint density at radius 3 is 2.65 bits per heavy atom. The second-order valence-electron chi connectivity index (χ2n) is 3.82. The fourth-order valence-electron chi connectivity index (χ4n) is 1.54. The zero-order chi connectivity index (χ0) is 11.6. The standard InChI is InChI=1S/C13H20BrNO.ClH/c1-16-10-6-2-5-9-15-11-12-7-3-4-8-13(12)14;/h3-4,7-8,15H,2,5-6,9-11H2,1H3;1H.